The van der Waals surface area contributed by atoms with Crippen molar-refractivity contribution in [2.24, 2.45) is 0 Å². The van der Waals surface area contributed by atoms with Crippen molar-refractivity contribution in [3.63, 3.8) is 0 Å². The molecule has 0 aromatic heterocycles. The normalized spacial score (nSPS) is 16.6. The maximum Gasteiger partial charge on any atom is 0.243 e. The van der Waals surface area contributed by atoms with Crippen LogP contribution in [0.2, 0.25) is 0 Å². The number of benzene rings is 1. The highest BCUT2D eigenvalue weighted by Gasteiger charge is 2.27. The van der Waals surface area contributed by atoms with Crippen LogP contribution in [0.3, 0.4) is 0 Å². The van der Waals surface area contributed by atoms with E-state index in [0.29, 0.717) is 29.6 Å². The molecule has 1 atom stereocenters. The van der Waals surface area contributed by atoms with E-state index in [2.05, 4.69) is 17.6 Å². The van der Waals surface area contributed by atoms with Gasteiger partial charge in [0.15, 0.2) is 5.11 Å². The number of nitrogens with one attached hydrogen (secondary N) is 2. The van der Waals surface area contributed by atoms with Gasteiger partial charge < -0.3 is 15.4 Å². The van der Waals surface area contributed by atoms with Crippen LogP contribution in [0, 0.1) is 0 Å². The topological polar surface area (TPSA) is 70.7 Å². The summed E-state index contributed by atoms with van der Waals surface area (Å²) in [6, 6.07) is 5.03. The van der Waals surface area contributed by atoms with Gasteiger partial charge >= 0.3 is 0 Å². The van der Waals surface area contributed by atoms with Crippen molar-refractivity contribution >= 4 is 33.0 Å². The first-order chi connectivity index (χ1) is 11.4. The lowest BCUT2D eigenvalue weighted by Gasteiger charge is -2.19. The molecule has 1 heterocycles. The molecular formula is C16H25N3O3S2. The van der Waals surface area contributed by atoms with Gasteiger partial charge in [0.05, 0.1) is 17.7 Å². The second-order valence-electron chi connectivity index (χ2n) is 5.88. The summed E-state index contributed by atoms with van der Waals surface area (Å²) in [5.41, 5.74) is 0.540. The largest absolute Gasteiger partial charge is 0.495 e. The number of sulfonamides is 1. The first-order valence-electron chi connectivity index (χ1n) is 8.14. The van der Waals surface area contributed by atoms with Crippen LogP contribution < -0.4 is 15.4 Å². The molecule has 0 radical (unpaired) electrons. The lowest BCUT2D eigenvalue weighted by molar-refractivity contribution is 0.416. The molecule has 0 amide bonds. The summed E-state index contributed by atoms with van der Waals surface area (Å²) in [7, 11) is -1.93. The Labute approximate surface area is 149 Å². The molecule has 0 saturated carbocycles. The van der Waals surface area contributed by atoms with E-state index in [1.54, 1.807) is 25.3 Å². The molecule has 1 fully saturated rings. The van der Waals surface area contributed by atoms with Gasteiger partial charge in [0, 0.05) is 19.1 Å². The Morgan fingerprint density at radius 3 is 2.62 bits per heavy atom. The molecule has 1 aliphatic rings. The number of ether oxygens (including phenoxy) is 1. The third-order valence-corrected chi connectivity index (χ3v) is 6.23. The molecule has 0 spiro atoms. The Kier molecular flexibility index (Phi) is 6.42. The van der Waals surface area contributed by atoms with E-state index in [4.69, 9.17) is 17.0 Å². The standard InChI is InChI=1S/C16H25N3O3S2/c1-4-12(2)17-16(23)18-14-11-13(7-8-15(14)22-3)24(20,21)19-9-5-6-10-19/h7-8,11-12H,4-6,9-10H2,1-3H3,(H2,17,18,23)/t12-/m1/s1. The van der Waals surface area contributed by atoms with Crippen molar-refractivity contribution in [1.29, 1.82) is 0 Å². The van der Waals surface area contributed by atoms with Crippen LogP contribution in [0.4, 0.5) is 5.69 Å². The van der Waals surface area contributed by atoms with E-state index in [1.165, 1.54) is 4.31 Å². The summed E-state index contributed by atoms with van der Waals surface area (Å²) in [6.07, 6.45) is 2.75. The molecule has 6 nitrogen and oxygen atoms in total. The van der Waals surface area contributed by atoms with E-state index in [0.717, 1.165) is 19.3 Å². The summed E-state index contributed by atoms with van der Waals surface area (Å²) in [4.78, 5) is 0.249. The van der Waals surface area contributed by atoms with Crippen LogP contribution in [0.5, 0.6) is 5.75 Å². The van der Waals surface area contributed by atoms with Gasteiger partial charge in [0.2, 0.25) is 10.0 Å². The Morgan fingerprint density at radius 1 is 1.38 bits per heavy atom. The summed E-state index contributed by atoms with van der Waals surface area (Å²) in [5, 5.41) is 6.63. The molecule has 1 aromatic rings. The number of hydrogen-bond acceptors (Lipinski definition) is 4. The van der Waals surface area contributed by atoms with Crippen molar-refractivity contribution in [2.75, 3.05) is 25.5 Å². The Balaban J connectivity index is 2.25. The van der Waals surface area contributed by atoms with Crippen molar-refractivity contribution < 1.29 is 13.2 Å². The smallest absolute Gasteiger partial charge is 0.243 e. The van der Waals surface area contributed by atoms with Crippen molar-refractivity contribution in [3.8, 4) is 5.75 Å². The minimum absolute atomic E-state index is 0.229. The minimum atomic E-state index is -3.48. The zero-order valence-electron chi connectivity index (χ0n) is 14.3. The second kappa shape index (κ2) is 8.13. The highest BCUT2D eigenvalue weighted by atomic mass is 32.2. The van der Waals surface area contributed by atoms with Crippen molar-refractivity contribution in [2.45, 2.75) is 44.0 Å². The maximum atomic E-state index is 12.7. The number of hydrogen-bond donors (Lipinski definition) is 2. The summed E-state index contributed by atoms with van der Waals surface area (Å²) >= 11 is 5.29. The molecular weight excluding hydrogens is 346 g/mol. The van der Waals surface area contributed by atoms with E-state index >= 15 is 0 Å². The van der Waals surface area contributed by atoms with Crippen LogP contribution >= 0.6 is 12.2 Å². The van der Waals surface area contributed by atoms with E-state index < -0.39 is 10.0 Å². The molecule has 0 aliphatic carbocycles. The quantitative estimate of drug-likeness (QED) is 0.749. The summed E-state index contributed by atoms with van der Waals surface area (Å²) < 4.78 is 32.2. The van der Waals surface area contributed by atoms with Crippen molar-refractivity contribution in [3.05, 3.63) is 18.2 Å². The van der Waals surface area contributed by atoms with Gasteiger partial charge in [-0.2, -0.15) is 4.31 Å². The Hall–Kier alpha value is -1.38. The molecule has 1 aromatic carbocycles. The molecule has 1 saturated heterocycles. The number of methoxy groups -OCH3 is 1. The van der Waals surface area contributed by atoms with Crippen LogP contribution in [0.15, 0.2) is 23.1 Å². The molecule has 2 N–H and O–H groups in total. The zero-order chi connectivity index (χ0) is 17.7. The van der Waals surface area contributed by atoms with E-state index in [9.17, 15) is 8.42 Å². The van der Waals surface area contributed by atoms with Gasteiger partial charge in [-0.15, -0.1) is 0 Å². The van der Waals surface area contributed by atoms with Gasteiger partial charge in [-0.3, -0.25) is 0 Å². The number of nitrogens with zero attached hydrogens (tertiary/aromatic N) is 1. The predicted molar refractivity (Wildman–Crippen MR) is 100 cm³/mol. The Morgan fingerprint density at radius 2 is 2.04 bits per heavy atom. The second-order valence-corrected chi connectivity index (χ2v) is 8.23. The number of rotatable bonds is 6. The van der Waals surface area contributed by atoms with Crippen LogP contribution in [0.25, 0.3) is 0 Å². The Bertz CT molecular complexity index is 686. The fraction of sp³-hybridized carbons (Fsp3) is 0.562. The maximum absolute atomic E-state index is 12.7. The lowest BCUT2D eigenvalue weighted by Crippen LogP contribution is -2.35. The first-order valence-corrected chi connectivity index (χ1v) is 9.99. The average molecular weight is 372 g/mol. The molecule has 1 aliphatic heterocycles. The summed E-state index contributed by atoms with van der Waals surface area (Å²) in [6.45, 7) is 5.24. The monoisotopic (exact) mass is 371 g/mol. The highest BCUT2D eigenvalue weighted by molar-refractivity contribution is 7.89. The molecule has 24 heavy (non-hydrogen) atoms. The molecule has 134 valence electrons. The SMILES string of the molecule is CC[C@@H](C)NC(=S)Nc1cc(S(=O)(=O)N2CCCC2)ccc1OC. The van der Waals surface area contributed by atoms with Crippen molar-refractivity contribution in [1.82, 2.24) is 9.62 Å². The van der Waals surface area contributed by atoms with Crippen LogP contribution in [0.1, 0.15) is 33.1 Å². The van der Waals surface area contributed by atoms with Gasteiger partial charge in [-0.05, 0) is 56.6 Å². The van der Waals surface area contributed by atoms with E-state index in [1.807, 2.05) is 6.92 Å². The van der Waals surface area contributed by atoms with E-state index in [-0.39, 0.29) is 10.9 Å². The highest BCUT2D eigenvalue weighted by Crippen LogP contribution is 2.30. The lowest BCUT2D eigenvalue weighted by atomic mass is 10.2. The zero-order valence-corrected chi connectivity index (χ0v) is 16.0. The molecule has 2 rings (SSSR count). The number of thiocarbonyl (C=S) groups is 1. The molecule has 0 unspecified atom stereocenters. The minimum Gasteiger partial charge on any atom is -0.495 e. The fourth-order valence-corrected chi connectivity index (χ4v) is 4.36. The summed E-state index contributed by atoms with van der Waals surface area (Å²) in [5.74, 6) is 0.545. The van der Waals surface area contributed by atoms with Crippen LogP contribution in [-0.2, 0) is 10.0 Å². The third kappa shape index (κ3) is 4.37. The first kappa shape index (κ1) is 19.0. The van der Waals surface area contributed by atoms with Gasteiger partial charge in [0.1, 0.15) is 5.75 Å². The van der Waals surface area contributed by atoms with Gasteiger partial charge in [-0.1, -0.05) is 6.92 Å². The van der Waals surface area contributed by atoms with Gasteiger partial charge in [-0.25, -0.2) is 8.42 Å². The predicted octanol–water partition coefficient (Wildman–Crippen LogP) is 2.56. The third-order valence-electron chi connectivity index (χ3n) is 4.11. The molecule has 8 heteroatoms. The molecule has 0 bridgehead atoms. The van der Waals surface area contributed by atoms with Crippen LogP contribution in [-0.4, -0.2) is 44.1 Å². The fourth-order valence-electron chi connectivity index (χ4n) is 2.51. The average Bonchev–Trinajstić information content (AvgIpc) is 3.09. The number of anilines is 1. The van der Waals surface area contributed by atoms with Gasteiger partial charge in [0.25, 0.3) is 0 Å².